The highest BCUT2D eigenvalue weighted by atomic mass is 35.5. The Morgan fingerprint density at radius 3 is 2.47 bits per heavy atom. The smallest absolute Gasteiger partial charge is 0.338 e. The highest BCUT2D eigenvalue weighted by molar-refractivity contribution is 6.31. The number of benzene rings is 2. The van der Waals surface area contributed by atoms with Crippen LogP contribution < -0.4 is 26.2 Å². The standard InChI is InChI=1S/C22H21ClN6O5/c1-12-4-5-14(34-15-6-7-25-19(10-15)21(30)24-3)9-17(12)27-28-22(31)26-18-11-16(23)13(2)8-20(18)29(32)33/h4-11,27H,1-3H3,(H,24,30)(H2,26,28,31). The van der Waals surface area contributed by atoms with E-state index in [0.717, 1.165) is 5.56 Å². The summed E-state index contributed by atoms with van der Waals surface area (Å²) in [7, 11) is 1.50. The Morgan fingerprint density at radius 2 is 1.76 bits per heavy atom. The Balaban J connectivity index is 1.70. The van der Waals surface area contributed by atoms with Gasteiger partial charge in [-0.25, -0.2) is 4.79 Å². The second-order valence-corrected chi connectivity index (χ2v) is 7.52. The maximum Gasteiger partial charge on any atom is 0.338 e. The Labute approximate surface area is 199 Å². The van der Waals surface area contributed by atoms with Crippen molar-refractivity contribution in [1.29, 1.82) is 0 Å². The molecule has 1 aromatic heterocycles. The maximum atomic E-state index is 12.3. The van der Waals surface area contributed by atoms with Gasteiger partial charge in [0, 0.05) is 36.5 Å². The average molecular weight is 485 g/mol. The first-order valence-corrected chi connectivity index (χ1v) is 10.3. The number of amides is 3. The van der Waals surface area contributed by atoms with Crippen LogP contribution in [0.5, 0.6) is 11.5 Å². The third-order valence-corrected chi connectivity index (χ3v) is 5.08. The topological polar surface area (TPSA) is 148 Å². The number of aromatic nitrogens is 1. The minimum atomic E-state index is -0.738. The van der Waals surface area contributed by atoms with Crippen LogP contribution in [0, 0.1) is 24.0 Å². The fourth-order valence-electron chi connectivity index (χ4n) is 2.86. The van der Waals surface area contributed by atoms with E-state index in [4.69, 9.17) is 16.3 Å². The van der Waals surface area contributed by atoms with Gasteiger partial charge in [0.15, 0.2) is 0 Å². The molecule has 0 fully saturated rings. The van der Waals surface area contributed by atoms with Gasteiger partial charge in [0.25, 0.3) is 11.6 Å². The molecule has 2 aromatic carbocycles. The zero-order valence-corrected chi connectivity index (χ0v) is 19.2. The van der Waals surface area contributed by atoms with Crippen molar-refractivity contribution >= 4 is 40.6 Å². The number of carbonyl (C=O) groups excluding carboxylic acids is 2. The summed E-state index contributed by atoms with van der Waals surface area (Å²) in [4.78, 5) is 38.8. The van der Waals surface area contributed by atoms with Crippen LogP contribution in [0.4, 0.5) is 21.9 Å². The van der Waals surface area contributed by atoms with Crippen LogP contribution in [0.15, 0.2) is 48.7 Å². The molecule has 4 N–H and O–H groups in total. The van der Waals surface area contributed by atoms with Gasteiger partial charge in [-0.3, -0.25) is 30.7 Å². The number of nitro benzene ring substituents is 1. The molecule has 12 heteroatoms. The number of hydrogen-bond acceptors (Lipinski definition) is 7. The molecule has 0 radical (unpaired) electrons. The molecule has 1 heterocycles. The third-order valence-electron chi connectivity index (χ3n) is 4.67. The first-order chi connectivity index (χ1) is 16.2. The lowest BCUT2D eigenvalue weighted by Crippen LogP contribution is -2.34. The number of nitro groups is 1. The second kappa shape index (κ2) is 10.5. The second-order valence-electron chi connectivity index (χ2n) is 7.11. The first kappa shape index (κ1) is 24.3. The van der Waals surface area contributed by atoms with E-state index in [9.17, 15) is 19.7 Å². The summed E-state index contributed by atoms with van der Waals surface area (Å²) in [6.45, 7) is 3.44. The van der Waals surface area contributed by atoms with Gasteiger partial charge >= 0.3 is 6.03 Å². The number of rotatable bonds is 7. The van der Waals surface area contributed by atoms with Crippen molar-refractivity contribution in [2.45, 2.75) is 13.8 Å². The minimum absolute atomic E-state index is 0.0432. The number of anilines is 2. The summed E-state index contributed by atoms with van der Waals surface area (Å²) in [6, 6.07) is 10.1. The van der Waals surface area contributed by atoms with Gasteiger partial charge in [-0.1, -0.05) is 17.7 Å². The fraction of sp³-hybridized carbons (Fsp3) is 0.136. The zero-order valence-electron chi connectivity index (χ0n) is 18.4. The van der Waals surface area contributed by atoms with Gasteiger partial charge in [0.1, 0.15) is 22.9 Å². The summed E-state index contributed by atoms with van der Waals surface area (Å²) < 4.78 is 5.80. The van der Waals surface area contributed by atoms with Crippen molar-refractivity contribution < 1.29 is 19.2 Å². The number of ether oxygens (including phenoxy) is 1. The lowest BCUT2D eigenvalue weighted by atomic mass is 10.2. The van der Waals surface area contributed by atoms with Gasteiger partial charge in [-0.2, -0.15) is 0 Å². The summed E-state index contributed by atoms with van der Waals surface area (Å²) in [6.07, 6.45) is 1.45. The highest BCUT2D eigenvalue weighted by Crippen LogP contribution is 2.31. The number of nitrogens with zero attached hydrogens (tertiary/aromatic N) is 2. The SMILES string of the molecule is CNC(=O)c1cc(Oc2ccc(C)c(NNC(=O)Nc3cc(Cl)c(C)cc3[N+](=O)[O-])c2)ccn1. The van der Waals surface area contributed by atoms with E-state index in [2.05, 4.69) is 26.5 Å². The summed E-state index contributed by atoms with van der Waals surface area (Å²) in [5.74, 6) is 0.491. The molecule has 0 saturated carbocycles. The van der Waals surface area contributed by atoms with E-state index in [1.807, 2.05) is 6.92 Å². The quantitative estimate of drug-likeness (QED) is 0.284. The number of nitrogens with one attached hydrogen (secondary N) is 4. The van der Waals surface area contributed by atoms with Crippen LogP contribution in [0.1, 0.15) is 21.6 Å². The van der Waals surface area contributed by atoms with Crippen LogP contribution in [0.2, 0.25) is 5.02 Å². The van der Waals surface area contributed by atoms with Crippen LogP contribution in [0.25, 0.3) is 0 Å². The normalized spacial score (nSPS) is 10.2. The molecule has 3 rings (SSSR count). The Bertz CT molecular complexity index is 1270. The monoisotopic (exact) mass is 484 g/mol. The van der Waals surface area contributed by atoms with Crippen molar-refractivity contribution in [2.24, 2.45) is 0 Å². The first-order valence-electron chi connectivity index (χ1n) is 9.92. The van der Waals surface area contributed by atoms with Crippen molar-refractivity contribution in [1.82, 2.24) is 15.7 Å². The van der Waals surface area contributed by atoms with Gasteiger partial charge in [-0.05, 0) is 43.2 Å². The molecule has 176 valence electrons. The van der Waals surface area contributed by atoms with E-state index in [-0.39, 0.29) is 28.0 Å². The van der Waals surface area contributed by atoms with Crippen LogP contribution in [-0.4, -0.2) is 28.9 Å². The van der Waals surface area contributed by atoms with Crippen molar-refractivity contribution in [2.75, 3.05) is 17.8 Å². The largest absolute Gasteiger partial charge is 0.457 e. The molecule has 34 heavy (non-hydrogen) atoms. The van der Waals surface area contributed by atoms with E-state index < -0.39 is 11.0 Å². The Morgan fingerprint density at radius 1 is 1.03 bits per heavy atom. The molecule has 0 aliphatic rings. The van der Waals surface area contributed by atoms with E-state index in [1.165, 1.54) is 31.4 Å². The molecule has 0 aliphatic carbocycles. The lowest BCUT2D eigenvalue weighted by Gasteiger charge is -2.14. The molecular weight excluding hydrogens is 464 g/mol. The molecule has 0 unspecified atom stereocenters. The predicted octanol–water partition coefficient (Wildman–Crippen LogP) is 4.56. The zero-order chi connectivity index (χ0) is 24.8. The van der Waals surface area contributed by atoms with E-state index in [1.54, 1.807) is 31.2 Å². The van der Waals surface area contributed by atoms with Crippen LogP contribution in [-0.2, 0) is 0 Å². The van der Waals surface area contributed by atoms with Crippen molar-refractivity contribution in [3.8, 4) is 11.5 Å². The number of aryl methyl sites for hydroxylation is 2. The maximum absolute atomic E-state index is 12.3. The number of urea groups is 1. The van der Waals surface area contributed by atoms with Crippen LogP contribution >= 0.6 is 11.6 Å². The highest BCUT2D eigenvalue weighted by Gasteiger charge is 2.18. The number of hydrazine groups is 1. The summed E-state index contributed by atoms with van der Waals surface area (Å²) in [5, 5.41) is 16.5. The molecule has 3 aromatic rings. The number of halogens is 1. The Hall–Kier alpha value is -4.38. The van der Waals surface area contributed by atoms with Crippen molar-refractivity contribution in [3.05, 3.63) is 80.6 Å². The van der Waals surface area contributed by atoms with Gasteiger partial charge < -0.3 is 15.4 Å². The predicted molar refractivity (Wildman–Crippen MR) is 128 cm³/mol. The van der Waals surface area contributed by atoms with E-state index in [0.29, 0.717) is 22.7 Å². The summed E-state index contributed by atoms with van der Waals surface area (Å²) >= 11 is 6.04. The van der Waals surface area contributed by atoms with Crippen molar-refractivity contribution in [3.63, 3.8) is 0 Å². The number of pyridine rings is 1. The van der Waals surface area contributed by atoms with E-state index >= 15 is 0 Å². The fourth-order valence-corrected chi connectivity index (χ4v) is 3.02. The van der Waals surface area contributed by atoms with Crippen LogP contribution in [0.3, 0.4) is 0 Å². The Kier molecular flexibility index (Phi) is 7.49. The molecule has 0 saturated heterocycles. The molecule has 0 atom stereocenters. The lowest BCUT2D eigenvalue weighted by molar-refractivity contribution is -0.384. The summed E-state index contributed by atoms with van der Waals surface area (Å²) in [5.41, 5.74) is 6.88. The molecule has 11 nitrogen and oxygen atoms in total. The third kappa shape index (κ3) is 5.90. The number of carbonyl (C=O) groups is 2. The number of hydrogen-bond donors (Lipinski definition) is 4. The average Bonchev–Trinajstić information content (AvgIpc) is 2.81. The van der Waals surface area contributed by atoms with Gasteiger partial charge in [-0.15, -0.1) is 0 Å². The minimum Gasteiger partial charge on any atom is -0.457 e. The molecule has 0 bridgehead atoms. The van der Waals surface area contributed by atoms with Gasteiger partial charge in [0.2, 0.25) is 0 Å². The van der Waals surface area contributed by atoms with Gasteiger partial charge in [0.05, 0.1) is 10.6 Å². The molecular formula is C22H21ClN6O5. The molecule has 0 spiro atoms. The molecule has 0 aliphatic heterocycles. The molecule has 3 amide bonds.